The van der Waals surface area contributed by atoms with Crippen molar-refractivity contribution in [2.45, 2.75) is 38.6 Å². The van der Waals surface area contributed by atoms with Crippen LogP contribution < -0.4 is 0 Å². The lowest BCUT2D eigenvalue weighted by molar-refractivity contribution is 0.239. The van der Waals surface area contributed by atoms with Crippen molar-refractivity contribution < 1.29 is 0 Å². The Kier molecular flexibility index (Phi) is 3.20. The maximum Gasteiger partial charge on any atom is 0.0478 e. The fourth-order valence-electron chi connectivity index (χ4n) is 1.75. The SMILES string of the molecule is CC(C)CN1CC(Cl)CC1C. The van der Waals surface area contributed by atoms with E-state index >= 15 is 0 Å². The number of rotatable bonds is 2. The molecule has 66 valence electrons. The quantitative estimate of drug-likeness (QED) is 0.583. The molecule has 0 N–H and O–H groups in total. The van der Waals surface area contributed by atoms with E-state index in [1.807, 2.05) is 0 Å². The molecule has 0 saturated carbocycles. The van der Waals surface area contributed by atoms with Gasteiger partial charge in [0, 0.05) is 24.5 Å². The second kappa shape index (κ2) is 3.77. The Labute approximate surface area is 74.7 Å². The maximum atomic E-state index is 6.04. The highest BCUT2D eigenvalue weighted by molar-refractivity contribution is 6.21. The van der Waals surface area contributed by atoms with E-state index in [4.69, 9.17) is 11.6 Å². The number of halogens is 1. The van der Waals surface area contributed by atoms with Crippen molar-refractivity contribution in [3.05, 3.63) is 0 Å². The Hall–Kier alpha value is 0.250. The smallest absolute Gasteiger partial charge is 0.0478 e. The van der Waals surface area contributed by atoms with Crippen molar-refractivity contribution in [1.29, 1.82) is 0 Å². The molecule has 0 aromatic rings. The predicted molar refractivity (Wildman–Crippen MR) is 50.1 cm³/mol. The second-order valence-corrected chi connectivity index (χ2v) is 4.65. The zero-order valence-electron chi connectivity index (χ0n) is 7.68. The number of hydrogen-bond acceptors (Lipinski definition) is 1. The highest BCUT2D eigenvalue weighted by Gasteiger charge is 2.27. The third kappa shape index (κ3) is 2.64. The molecule has 0 spiro atoms. The first-order valence-electron chi connectivity index (χ1n) is 4.47. The Morgan fingerprint density at radius 3 is 2.55 bits per heavy atom. The monoisotopic (exact) mass is 175 g/mol. The lowest BCUT2D eigenvalue weighted by Gasteiger charge is -2.22. The van der Waals surface area contributed by atoms with Gasteiger partial charge < -0.3 is 0 Å². The second-order valence-electron chi connectivity index (χ2n) is 4.03. The van der Waals surface area contributed by atoms with Gasteiger partial charge in [0.15, 0.2) is 0 Å². The predicted octanol–water partition coefficient (Wildman–Crippen LogP) is 2.34. The normalized spacial score (nSPS) is 33.5. The number of nitrogens with zero attached hydrogens (tertiary/aromatic N) is 1. The van der Waals surface area contributed by atoms with E-state index in [0.29, 0.717) is 11.4 Å². The molecule has 0 bridgehead atoms. The first-order chi connectivity index (χ1) is 5.09. The molecule has 1 heterocycles. The standard InChI is InChI=1S/C9H18ClN/c1-7(2)5-11-6-9(10)4-8(11)3/h7-9H,4-6H2,1-3H3. The average molecular weight is 176 g/mol. The van der Waals surface area contributed by atoms with Crippen LogP contribution in [0.2, 0.25) is 0 Å². The molecule has 0 aromatic heterocycles. The molecule has 1 aliphatic heterocycles. The number of hydrogen-bond donors (Lipinski definition) is 0. The van der Waals surface area contributed by atoms with Crippen LogP contribution in [0.3, 0.4) is 0 Å². The van der Waals surface area contributed by atoms with Gasteiger partial charge in [0.05, 0.1) is 0 Å². The van der Waals surface area contributed by atoms with Gasteiger partial charge in [0.25, 0.3) is 0 Å². The maximum absolute atomic E-state index is 6.04. The van der Waals surface area contributed by atoms with E-state index < -0.39 is 0 Å². The minimum atomic E-state index is 0.392. The van der Waals surface area contributed by atoms with Crippen molar-refractivity contribution in [2.24, 2.45) is 5.92 Å². The van der Waals surface area contributed by atoms with Crippen LogP contribution in [-0.4, -0.2) is 29.4 Å². The Balaban J connectivity index is 2.34. The van der Waals surface area contributed by atoms with Crippen molar-refractivity contribution in [1.82, 2.24) is 4.90 Å². The van der Waals surface area contributed by atoms with E-state index in [9.17, 15) is 0 Å². The van der Waals surface area contributed by atoms with Gasteiger partial charge in [-0.25, -0.2) is 0 Å². The van der Waals surface area contributed by atoms with Crippen LogP contribution in [0.5, 0.6) is 0 Å². The molecule has 0 aromatic carbocycles. The average Bonchev–Trinajstić information content (AvgIpc) is 2.09. The third-order valence-electron chi connectivity index (χ3n) is 2.25. The van der Waals surface area contributed by atoms with Gasteiger partial charge >= 0.3 is 0 Å². The summed E-state index contributed by atoms with van der Waals surface area (Å²) in [5.74, 6) is 0.763. The lowest BCUT2D eigenvalue weighted by Crippen LogP contribution is -2.30. The third-order valence-corrected chi connectivity index (χ3v) is 2.57. The van der Waals surface area contributed by atoms with Crippen LogP contribution in [0.4, 0.5) is 0 Å². The van der Waals surface area contributed by atoms with E-state index in [2.05, 4.69) is 25.7 Å². The van der Waals surface area contributed by atoms with Crippen molar-refractivity contribution in [3.8, 4) is 0 Å². The molecule has 2 unspecified atom stereocenters. The summed E-state index contributed by atoms with van der Waals surface area (Å²) in [7, 11) is 0. The molecule has 1 nitrogen and oxygen atoms in total. The zero-order valence-corrected chi connectivity index (χ0v) is 8.43. The topological polar surface area (TPSA) is 3.24 Å². The minimum Gasteiger partial charge on any atom is -0.299 e. The number of alkyl halides is 1. The summed E-state index contributed by atoms with van der Waals surface area (Å²) in [6.07, 6.45) is 1.16. The van der Waals surface area contributed by atoms with Crippen LogP contribution >= 0.6 is 11.6 Å². The molecule has 1 saturated heterocycles. The molecule has 0 amide bonds. The largest absolute Gasteiger partial charge is 0.299 e. The van der Waals surface area contributed by atoms with Crippen molar-refractivity contribution in [2.75, 3.05) is 13.1 Å². The first-order valence-corrected chi connectivity index (χ1v) is 4.91. The van der Waals surface area contributed by atoms with Crippen LogP contribution in [0, 0.1) is 5.92 Å². The minimum absolute atomic E-state index is 0.392. The molecular weight excluding hydrogens is 158 g/mol. The fourth-order valence-corrected chi connectivity index (χ4v) is 2.19. The van der Waals surface area contributed by atoms with E-state index in [0.717, 1.165) is 18.9 Å². The molecule has 1 fully saturated rings. The van der Waals surface area contributed by atoms with Crippen molar-refractivity contribution in [3.63, 3.8) is 0 Å². The summed E-state index contributed by atoms with van der Waals surface area (Å²) in [5.41, 5.74) is 0. The summed E-state index contributed by atoms with van der Waals surface area (Å²) in [6, 6.07) is 0.694. The lowest BCUT2D eigenvalue weighted by atomic mass is 10.2. The van der Waals surface area contributed by atoms with E-state index in [1.54, 1.807) is 0 Å². The zero-order chi connectivity index (χ0) is 8.43. The van der Waals surface area contributed by atoms with Crippen molar-refractivity contribution >= 4 is 11.6 Å². The summed E-state index contributed by atoms with van der Waals surface area (Å²) >= 11 is 6.04. The Bertz CT molecular complexity index is 125. The van der Waals surface area contributed by atoms with Gasteiger partial charge in [-0.2, -0.15) is 0 Å². The molecular formula is C9H18ClN. The molecule has 0 radical (unpaired) electrons. The van der Waals surface area contributed by atoms with Crippen LogP contribution in [0.25, 0.3) is 0 Å². The van der Waals surface area contributed by atoms with E-state index in [-0.39, 0.29) is 0 Å². The fraction of sp³-hybridized carbons (Fsp3) is 1.00. The van der Waals surface area contributed by atoms with Gasteiger partial charge in [-0.05, 0) is 19.3 Å². The van der Waals surface area contributed by atoms with Gasteiger partial charge in [-0.15, -0.1) is 11.6 Å². The molecule has 0 aliphatic carbocycles. The van der Waals surface area contributed by atoms with Gasteiger partial charge in [0.1, 0.15) is 0 Å². The van der Waals surface area contributed by atoms with Gasteiger partial charge in [0.2, 0.25) is 0 Å². The van der Waals surface area contributed by atoms with Crippen LogP contribution in [-0.2, 0) is 0 Å². The number of likely N-dealkylation sites (tertiary alicyclic amines) is 1. The summed E-state index contributed by atoms with van der Waals surface area (Å²) in [5, 5.41) is 0.392. The molecule has 1 aliphatic rings. The molecule has 2 atom stereocenters. The Morgan fingerprint density at radius 2 is 2.18 bits per heavy atom. The molecule has 1 rings (SSSR count). The van der Waals surface area contributed by atoms with Gasteiger partial charge in [-0.3, -0.25) is 4.90 Å². The van der Waals surface area contributed by atoms with Gasteiger partial charge in [-0.1, -0.05) is 13.8 Å². The Morgan fingerprint density at radius 1 is 1.55 bits per heavy atom. The summed E-state index contributed by atoms with van der Waals surface area (Å²) < 4.78 is 0. The molecule has 2 heteroatoms. The summed E-state index contributed by atoms with van der Waals surface area (Å²) in [4.78, 5) is 2.49. The molecule has 11 heavy (non-hydrogen) atoms. The highest BCUT2D eigenvalue weighted by Crippen LogP contribution is 2.22. The summed E-state index contributed by atoms with van der Waals surface area (Å²) in [6.45, 7) is 9.07. The van der Waals surface area contributed by atoms with E-state index in [1.165, 1.54) is 6.54 Å². The van der Waals surface area contributed by atoms with Crippen LogP contribution in [0.15, 0.2) is 0 Å². The first kappa shape index (κ1) is 9.34. The van der Waals surface area contributed by atoms with Crippen LogP contribution in [0.1, 0.15) is 27.2 Å². The highest BCUT2D eigenvalue weighted by atomic mass is 35.5.